The van der Waals surface area contributed by atoms with Gasteiger partial charge >= 0.3 is 0 Å². The quantitative estimate of drug-likeness (QED) is 0.773. The van der Waals surface area contributed by atoms with E-state index in [1.54, 1.807) is 14.2 Å². The highest BCUT2D eigenvalue weighted by Gasteiger charge is 2.12. The van der Waals surface area contributed by atoms with E-state index in [1.807, 2.05) is 19.1 Å². The second-order valence-corrected chi connectivity index (χ2v) is 4.64. The van der Waals surface area contributed by atoms with E-state index >= 15 is 0 Å². The number of hydrogen-bond acceptors (Lipinski definition) is 4. The van der Waals surface area contributed by atoms with Crippen LogP contribution >= 0.6 is 0 Å². The first-order chi connectivity index (χ1) is 8.58. The van der Waals surface area contributed by atoms with Crippen LogP contribution in [0, 0.1) is 0 Å². The zero-order chi connectivity index (χ0) is 13.5. The van der Waals surface area contributed by atoms with E-state index in [2.05, 4.69) is 18.3 Å². The Bertz CT molecular complexity index is 367. The standard InChI is InChI=1S/C14H24N2O2/c1-10(15)9-16-11(2)8-12-6-5-7-13(17-3)14(12)18-4/h5-7,10-11,16H,8-9,15H2,1-4H3. The van der Waals surface area contributed by atoms with Crippen LogP contribution in [0.3, 0.4) is 0 Å². The van der Waals surface area contributed by atoms with Crippen molar-refractivity contribution in [1.29, 1.82) is 0 Å². The highest BCUT2D eigenvalue weighted by atomic mass is 16.5. The summed E-state index contributed by atoms with van der Waals surface area (Å²) in [4.78, 5) is 0. The van der Waals surface area contributed by atoms with E-state index in [-0.39, 0.29) is 6.04 Å². The third-order valence-corrected chi connectivity index (χ3v) is 2.80. The van der Waals surface area contributed by atoms with E-state index < -0.39 is 0 Å². The third-order valence-electron chi connectivity index (χ3n) is 2.80. The van der Waals surface area contributed by atoms with Crippen molar-refractivity contribution in [2.24, 2.45) is 5.73 Å². The van der Waals surface area contributed by atoms with Crippen molar-refractivity contribution < 1.29 is 9.47 Å². The molecule has 0 fully saturated rings. The molecule has 0 aromatic heterocycles. The molecule has 0 amide bonds. The number of ether oxygens (including phenoxy) is 2. The molecular formula is C14H24N2O2. The van der Waals surface area contributed by atoms with Crippen LogP contribution in [0.15, 0.2) is 18.2 Å². The fraction of sp³-hybridized carbons (Fsp3) is 0.571. The first kappa shape index (κ1) is 14.8. The normalized spacial score (nSPS) is 14.1. The van der Waals surface area contributed by atoms with Crippen molar-refractivity contribution in [1.82, 2.24) is 5.32 Å². The van der Waals surface area contributed by atoms with Gasteiger partial charge in [-0.25, -0.2) is 0 Å². The average molecular weight is 252 g/mol. The molecule has 0 aliphatic rings. The maximum Gasteiger partial charge on any atom is 0.163 e. The molecule has 0 heterocycles. The molecule has 18 heavy (non-hydrogen) atoms. The van der Waals surface area contributed by atoms with E-state index in [9.17, 15) is 0 Å². The van der Waals surface area contributed by atoms with Crippen LogP contribution in [-0.2, 0) is 6.42 Å². The molecule has 102 valence electrons. The summed E-state index contributed by atoms with van der Waals surface area (Å²) < 4.78 is 10.7. The largest absolute Gasteiger partial charge is 0.493 e. The molecule has 1 rings (SSSR count). The van der Waals surface area contributed by atoms with Crippen molar-refractivity contribution in [3.8, 4) is 11.5 Å². The fourth-order valence-electron chi connectivity index (χ4n) is 1.90. The van der Waals surface area contributed by atoms with E-state index in [0.717, 1.165) is 30.0 Å². The summed E-state index contributed by atoms with van der Waals surface area (Å²) in [5.74, 6) is 1.59. The molecule has 0 radical (unpaired) electrons. The minimum atomic E-state index is 0.166. The Morgan fingerprint density at radius 3 is 2.50 bits per heavy atom. The summed E-state index contributed by atoms with van der Waals surface area (Å²) >= 11 is 0. The highest BCUT2D eigenvalue weighted by molar-refractivity contribution is 5.46. The van der Waals surface area contributed by atoms with Crippen LogP contribution in [0.1, 0.15) is 19.4 Å². The lowest BCUT2D eigenvalue weighted by atomic mass is 10.1. The van der Waals surface area contributed by atoms with Crippen molar-refractivity contribution in [3.05, 3.63) is 23.8 Å². The zero-order valence-corrected chi connectivity index (χ0v) is 11.7. The van der Waals surface area contributed by atoms with Gasteiger partial charge in [0.1, 0.15) is 0 Å². The van der Waals surface area contributed by atoms with Gasteiger partial charge in [0.15, 0.2) is 11.5 Å². The van der Waals surface area contributed by atoms with Crippen LogP contribution in [0.4, 0.5) is 0 Å². The molecular weight excluding hydrogens is 228 g/mol. The highest BCUT2D eigenvalue weighted by Crippen LogP contribution is 2.31. The lowest BCUT2D eigenvalue weighted by Crippen LogP contribution is -2.37. The van der Waals surface area contributed by atoms with Crippen LogP contribution in [0.5, 0.6) is 11.5 Å². The first-order valence-electron chi connectivity index (χ1n) is 6.27. The van der Waals surface area contributed by atoms with Gasteiger partial charge in [0.2, 0.25) is 0 Å². The minimum absolute atomic E-state index is 0.166. The summed E-state index contributed by atoms with van der Waals surface area (Å²) in [5, 5.41) is 3.40. The van der Waals surface area contributed by atoms with Crippen LogP contribution in [-0.4, -0.2) is 32.8 Å². The van der Waals surface area contributed by atoms with Crippen LogP contribution in [0.2, 0.25) is 0 Å². The number of nitrogens with two attached hydrogens (primary N) is 1. The molecule has 0 aliphatic carbocycles. The number of nitrogens with one attached hydrogen (secondary N) is 1. The summed E-state index contributed by atoms with van der Waals surface area (Å²) in [5.41, 5.74) is 6.87. The van der Waals surface area contributed by atoms with E-state index in [4.69, 9.17) is 15.2 Å². The van der Waals surface area contributed by atoms with Crippen LogP contribution in [0.25, 0.3) is 0 Å². The molecule has 0 saturated heterocycles. The SMILES string of the molecule is COc1cccc(CC(C)NCC(C)N)c1OC. The van der Waals surface area contributed by atoms with Gasteiger partial charge in [-0.05, 0) is 31.9 Å². The second kappa shape index (κ2) is 7.24. The monoisotopic (exact) mass is 252 g/mol. The minimum Gasteiger partial charge on any atom is -0.493 e. The van der Waals surface area contributed by atoms with Gasteiger partial charge in [-0.3, -0.25) is 0 Å². The van der Waals surface area contributed by atoms with E-state index in [1.165, 1.54) is 0 Å². The van der Waals surface area contributed by atoms with Crippen molar-refractivity contribution in [2.45, 2.75) is 32.4 Å². The average Bonchev–Trinajstić information content (AvgIpc) is 2.36. The molecule has 2 atom stereocenters. The molecule has 1 aromatic rings. The number of hydrogen-bond donors (Lipinski definition) is 2. The van der Waals surface area contributed by atoms with Crippen molar-refractivity contribution >= 4 is 0 Å². The molecule has 4 nitrogen and oxygen atoms in total. The molecule has 0 bridgehead atoms. The Morgan fingerprint density at radius 1 is 1.22 bits per heavy atom. The Labute approximate surface area is 109 Å². The van der Waals surface area contributed by atoms with Crippen LogP contribution < -0.4 is 20.5 Å². The summed E-state index contributed by atoms with van der Waals surface area (Å²) in [6.07, 6.45) is 0.882. The Kier molecular flexibility index (Phi) is 5.95. The second-order valence-electron chi connectivity index (χ2n) is 4.64. The molecule has 1 aromatic carbocycles. The van der Waals surface area contributed by atoms with Gasteiger partial charge in [-0.1, -0.05) is 12.1 Å². The Hall–Kier alpha value is -1.26. The predicted molar refractivity (Wildman–Crippen MR) is 74.4 cm³/mol. The van der Waals surface area contributed by atoms with Gasteiger partial charge in [-0.2, -0.15) is 0 Å². The molecule has 2 unspecified atom stereocenters. The first-order valence-corrected chi connectivity index (χ1v) is 6.27. The molecule has 0 aliphatic heterocycles. The zero-order valence-electron chi connectivity index (χ0n) is 11.7. The molecule has 0 spiro atoms. The van der Waals surface area contributed by atoms with Crippen molar-refractivity contribution in [2.75, 3.05) is 20.8 Å². The summed E-state index contributed by atoms with van der Waals surface area (Å²) in [6.45, 7) is 4.95. The summed E-state index contributed by atoms with van der Waals surface area (Å²) in [6, 6.07) is 6.46. The van der Waals surface area contributed by atoms with Gasteiger partial charge in [-0.15, -0.1) is 0 Å². The maximum atomic E-state index is 5.73. The number of para-hydroxylation sites is 1. The summed E-state index contributed by atoms with van der Waals surface area (Å²) in [7, 11) is 3.32. The van der Waals surface area contributed by atoms with Gasteiger partial charge in [0.25, 0.3) is 0 Å². The molecule has 0 saturated carbocycles. The maximum absolute atomic E-state index is 5.73. The van der Waals surface area contributed by atoms with Gasteiger partial charge in [0, 0.05) is 18.6 Å². The molecule has 3 N–H and O–H groups in total. The van der Waals surface area contributed by atoms with Gasteiger partial charge < -0.3 is 20.5 Å². The van der Waals surface area contributed by atoms with Crippen molar-refractivity contribution in [3.63, 3.8) is 0 Å². The third kappa shape index (κ3) is 4.20. The lowest BCUT2D eigenvalue weighted by molar-refractivity contribution is 0.350. The number of rotatable bonds is 7. The Balaban J connectivity index is 2.71. The molecule has 4 heteroatoms. The predicted octanol–water partition coefficient (Wildman–Crippen LogP) is 1.57. The fourth-order valence-corrected chi connectivity index (χ4v) is 1.90. The van der Waals surface area contributed by atoms with Gasteiger partial charge in [0.05, 0.1) is 14.2 Å². The Morgan fingerprint density at radius 2 is 1.94 bits per heavy atom. The topological polar surface area (TPSA) is 56.5 Å². The number of methoxy groups -OCH3 is 2. The number of benzene rings is 1. The van der Waals surface area contributed by atoms with E-state index in [0.29, 0.717) is 6.04 Å². The lowest BCUT2D eigenvalue weighted by Gasteiger charge is -2.18. The smallest absolute Gasteiger partial charge is 0.163 e.